The Bertz CT molecular complexity index is 1320. The van der Waals surface area contributed by atoms with Gasteiger partial charge in [-0.05, 0) is 67.1 Å². The van der Waals surface area contributed by atoms with Crippen LogP contribution in [0.1, 0.15) is 15.9 Å². The Labute approximate surface area is 198 Å². The molecule has 0 spiro atoms. The van der Waals surface area contributed by atoms with E-state index in [1.54, 1.807) is 37.3 Å². The minimum Gasteiger partial charge on any atom is -0.350 e. The minimum atomic E-state index is -0.681. The van der Waals surface area contributed by atoms with Crippen LogP contribution in [0.25, 0.3) is 0 Å². The lowest BCUT2D eigenvalue weighted by atomic mass is 10.1. The van der Waals surface area contributed by atoms with Crippen LogP contribution in [0.2, 0.25) is 5.02 Å². The molecule has 166 valence electrons. The van der Waals surface area contributed by atoms with Gasteiger partial charge in [0.2, 0.25) is 0 Å². The molecule has 9 heteroatoms. The normalized spacial score (nSPS) is 13.5. The molecule has 0 bridgehead atoms. The molecule has 0 saturated carbocycles. The van der Waals surface area contributed by atoms with Crippen LogP contribution in [-0.2, 0) is 9.59 Å². The molecule has 6 nitrogen and oxygen atoms in total. The summed E-state index contributed by atoms with van der Waals surface area (Å²) in [7, 11) is 0. The number of halogens is 3. The third-order valence-corrected chi connectivity index (χ3v) is 5.52. The van der Waals surface area contributed by atoms with Gasteiger partial charge in [-0.1, -0.05) is 35.3 Å². The van der Waals surface area contributed by atoms with E-state index in [-0.39, 0.29) is 16.3 Å². The van der Waals surface area contributed by atoms with E-state index in [1.165, 1.54) is 36.4 Å². The molecule has 0 aromatic heterocycles. The average Bonchev–Trinajstić information content (AvgIpc) is 3.00. The van der Waals surface area contributed by atoms with E-state index >= 15 is 0 Å². The summed E-state index contributed by atoms with van der Waals surface area (Å²) < 4.78 is 13.1. The molecular formula is C24H16Cl2FN3O3. The molecule has 4 rings (SSSR count). The molecule has 1 aliphatic rings. The Morgan fingerprint density at radius 1 is 0.909 bits per heavy atom. The number of benzene rings is 3. The van der Waals surface area contributed by atoms with Crippen LogP contribution in [0.3, 0.4) is 0 Å². The number of nitrogens with one attached hydrogen (secondary N) is 2. The lowest BCUT2D eigenvalue weighted by molar-refractivity contribution is -0.120. The highest BCUT2D eigenvalue weighted by atomic mass is 35.5. The van der Waals surface area contributed by atoms with Gasteiger partial charge in [-0.2, -0.15) is 0 Å². The number of carbonyl (C=O) groups excluding carboxylic acids is 3. The van der Waals surface area contributed by atoms with Gasteiger partial charge in [0.1, 0.15) is 16.5 Å². The van der Waals surface area contributed by atoms with Crippen molar-refractivity contribution in [3.05, 3.63) is 99.4 Å². The summed E-state index contributed by atoms with van der Waals surface area (Å²) in [5.74, 6) is -2.17. The van der Waals surface area contributed by atoms with Crippen LogP contribution < -0.4 is 15.5 Å². The number of carbonyl (C=O) groups is 3. The molecule has 3 aromatic rings. The second-order valence-electron chi connectivity index (χ2n) is 7.23. The van der Waals surface area contributed by atoms with Crippen LogP contribution >= 0.6 is 23.2 Å². The fourth-order valence-electron chi connectivity index (χ4n) is 3.27. The summed E-state index contributed by atoms with van der Waals surface area (Å²) in [6.07, 6.45) is 0. The number of hydrogen-bond acceptors (Lipinski definition) is 4. The van der Waals surface area contributed by atoms with E-state index in [2.05, 4.69) is 10.6 Å². The van der Waals surface area contributed by atoms with E-state index in [4.69, 9.17) is 23.2 Å². The lowest BCUT2D eigenvalue weighted by Crippen LogP contribution is -2.32. The highest BCUT2D eigenvalue weighted by Gasteiger charge is 2.39. The van der Waals surface area contributed by atoms with Crippen molar-refractivity contribution in [2.45, 2.75) is 6.92 Å². The summed E-state index contributed by atoms with van der Waals surface area (Å²) in [6.45, 7) is 1.74. The Balaban J connectivity index is 1.56. The lowest BCUT2D eigenvalue weighted by Gasteiger charge is -2.18. The van der Waals surface area contributed by atoms with Crippen LogP contribution in [0.4, 0.5) is 21.5 Å². The largest absolute Gasteiger partial charge is 0.350 e. The first-order valence-corrected chi connectivity index (χ1v) is 10.5. The molecule has 33 heavy (non-hydrogen) atoms. The van der Waals surface area contributed by atoms with Gasteiger partial charge in [-0.15, -0.1) is 0 Å². The predicted molar refractivity (Wildman–Crippen MR) is 126 cm³/mol. The van der Waals surface area contributed by atoms with Crippen molar-refractivity contribution >= 4 is 58.0 Å². The maximum Gasteiger partial charge on any atom is 0.283 e. The van der Waals surface area contributed by atoms with Crippen LogP contribution in [0, 0.1) is 12.7 Å². The first kappa shape index (κ1) is 22.5. The monoisotopic (exact) mass is 483 g/mol. The Kier molecular flexibility index (Phi) is 6.18. The van der Waals surface area contributed by atoms with Gasteiger partial charge < -0.3 is 10.6 Å². The second kappa shape index (κ2) is 9.05. The number of anilines is 3. The summed E-state index contributed by atoms with van der Waals surface area (Å²) in [5.41, 5.74) is 1.97. The molecule has 2 N–H and O–H groups in total. The van der Waals surface area contributed by atoms with E-state index in [9.17, 15) is 18.8 Å². The molecule has 3 aromatic carbocycles. The smallest absolute Gasteiger partial charge is 0.283 e. The van der Waals surface area contributed by atoms with E-state index < -0.39 is 23.5 Å². The number of hydrogen-bond donors (Lipinski definition) is 2. The van der Waals surface area contributed by atoms with Crippen LogP contribution in [0.5, 0.6) is 0 Å². The fourth-order valence-corrected chi connectivity index (χ4v) is 3.65. The number of aryl methyl sites for hydroxylation is 1. The third-order valence-electron chi connectivity index (χ3n) is 4.94. The number of rotatable bonds is 5. The molecule has 0 fully saturated rings. The van der Waals surface area contributed by atoms with E-state index in [0.717, 1.165) is 4.90 Å². The highest BCUT2D eigenvalue weighted by Crippen LogP contribution is 2.33. The molecule has 0 aliphatic carbocycles. The number of amides is 3. The van der Waals surface area contributed by atoms with E-state index in [1.807, 2.05) is 0 Å². The zero-order valence-corrected chi connectivity index (χ0v) is 18.7. The average molecular weight is 484 g/mol. The molecular weight excluding hydrogens is 468 g/mol. The number of nitrogens with zero attached hydrogens (tertiary/aromatic N) is 1. The van der Waals surface area contributed by atoms with Gasteiger partial charge in [0, 0.05) is 22.0 Å². The first-order valence-electron chi connectivity index (χ1n) is 9.73. The van der Waals surface area contributed by atoms with E-state index in [0.29, 0.717) is 27.6 Å². The Morgan fingerprint density at radius 2 is 1.64 bits per heavy atom. The van der Waals surface area contributed by atoms with Gasteiger partial charge in [-0.3, -0.25) is 14.4 Å². The molecule has 0 atom stereocenters. The van der Waals surface area contributed by atoms with Gasteiger partial charge >= 0.3 is 0 Å². The summed E-state index contributed by atoms with van der Waals surface area (Å²) in [5, 5.41) is 5.59. The third kappa shape index (κ3) is 4.60. The molecule has 0 radical (unpaired) electrons. The first-order chi connectivity index (χ1) is 15.7. The van der Waals surface area contributed by atoms with Gasteiger partial charge in [0.15, 0.2) is 0 Å². The quantitative estimate of drug-likeness (QED) is 0.471. The molecule has 1 aliphatic heterocycles. The summed E-state index contributed by atoms with van der Waals surface area (Å²) in [6, 6.07) is 16.5. The van der Waals surface area contributed by atoms with Crippen molar-refractivity contribution in [1.29, 1.82) is 0 Å². The zero-order valence-electron chi connectivity index (χ0n) is 17.2. The molecule has 1 heterocycles. The maximum absolute atomic E-state index is 13.1. The van der Waals surface area contributed by atoms with Crippen molar-refractivity contribution in [1.82, 2.24) is 0 Å². The summed E-state index contributed by atoms with van der Waals surface area (Å²) in [4.78, 5) is 39.3. The minimum absolute atomic E-state index is 0.114. The second-order valence-corrected chi connectivity index (χ2v) is 8.05. The van der Waals surface area contributed by atoms with Gasteiger partial charge in [-0.25, -0.2) is 9.29 Å². The molecule has 3 amide bonds. The highest BCUT2D eigenvalue weighted by molar-refractivity contribution is 6.53. The molecule has 0 saturated heterocycles. The predicted octanol–water partition coefficient (Wildman–Crippen LogP) is 5.48. The SMILES string of the molecule is Cc1ccc(Cl)cc1N1C(=O)C(Cl)=C(Nc2cccc(C(=O)Nc3ccc(F)cc3)c2)C1=O. The Hall–Kier alpha value is -3.68. The van der Waals surface area contributed by atoms with Gasteiger partial charge in [0.25, 0.3) is 17.7 Å². The Morgan fingerprint density at radius 3 is 2.36 bits per heavy atom. The van der Waals surface area contributed by atoms with Gasteiger partial charge in [0.05, 0.1) is 5.69 Å². The summed E-state index contributed by atoms with van der Waals surface area (Å²) >= 11 is 12.2. The van der Waals surface area contributed by atoms with Crippen molar-refractivity contribution in [3.8, 4) is 0 Å². The molecule has 0 unspecified atom stereocenters. The van der Waals surface area contributed by atoms with Crippen LogP contribution in [-0.4, -0.2) is 17.7 Å². The zero-order chi connectivity index (χ0) is 23.7. The standard InChI is InChI=1S/C24H16Cl2FN3O3/c1-13-5-6-15(25)12-19(13)30-23(32)20(26)21(24(30)33)28-18-4-2-3-14(11-18)22(31)29-17-9-7-16(27)8-10-17/h2-12,28H,1H3,(H,29,31). The van der Waals surface area contributed by atoms with Crippen LogP contribution in [0.15, 0.2) is 77.5 Å². The van der Waals surface area contributed by atoms with Crippen molar-refractivity contribution in [2.75, 3.05) is 15.5 Å². The van der Waals surface area contributed by atoms with Crippen molar-refractivity contribution in [3.63, 3.8) is 0 Å². The van der Waals surface area contributed by atoms with Crippen molar-refractivity contribution < 1.29 is 18.8 Å². The maximum atomic E-state index is 13.1. The van der Waals surface area contributed by atoms with Crippen molar-refractivity contribution in [2.24, 2.45) is 0 Å². The number of imide groups is 1. The topological polar surface area (TPSA) is 78.5 Å². The fraction of sp³-hybridized carbons (Fsp3) is 0.0417.